The molecule has 1 aromatic carbocycles. The van der Waals surface area contributed by atoms with E-state index in [1.807, 2.05) is 32.9 Å². The average Bonchev–Trinajstić information content (AvgIpc) is 2.51. The van der Waals surface area contributed by atoms with Gasteiger partial charge >= 0.3 is 5.97 Å². The fourth-order valence-corrected chi connectivity index (χ4v) is 4.12. The quantitative estimate of drug-likeness (QED) is 0.758. The van der Waals surface area contributed by atoms with Crippen molar-refractivity contribution >= 4 is 21.9 Å². The first-order valence-electron chi connectivity index (χ1n) is 9.05. The first-order valence-corrected chi connectivity index (χ1v) is 9.84. The highest BCUT2D eigenvalue weighted by Crippen LogP contribution is 2.49. The van der Waals surface area contributed by atoms with Gasteiger partial charge in [-0.2, -0.15) is 0 Å². The summed E-state index contributed by atoms with van der Waals surface area (Å²) in [4.78, 5) is 12.2. The largest absolute Gasteiger partial charge is 0.458 e. The summed E-state index contributed by atoms with van der Waals surface area (Å²) in [5.41, 5.74) is 0.716. The number of nitrogens with one attached hydrogen (secondary N) is 1. The molecule has 4 nitrogen and oxygen atoms in total. The molecule has 0 amide bonds. The van der Waals surface area contributed by atoms with E-state index in [1.54, 1.807) is 0 Å². The molecule has 3 rings (SSSR count). The number of rotatable bonds is 4. The lowest BCUT2D eigenvalue weighted by Crippen LogP contribution is -2.57. The van der Waals surface area contributed by atoms with Gasteiger partial charge in [0.05, 0.1) is 5.60 Å². The molecule has 1 N–H and O–H groups in total. The Labute approximate surface area is 158 Å². The highest BCUT2D eigenvalue weighted by molar-refractivity contribution is 9.10. The second-order valence-electron chi connectivity index (χ2n) is 8.48. The van der Waals surface area contributed by atoms with E-state index in [0.717, 1.165) is 48.8 Å². The number of esters is 1. The van der Waals surface area contributed by atoms with Crippen molar-refractivity contribution in [3.8, 4) is 0 Å². The molecule has 138 valence electrons. The van der Waals surface area contributed by atoms with E-state index in [1.165, 1.54) is 0 Å². The van der Waals surface area contributed by atoms with Crippen molar-refractivity contribution in [2.45, 2.75) is 57.7 Å². The number of carbonyl (C=O) groups excluding carboxylic acids is 1. The van der Waals surface area contributed by atoms with Crippen LogP contribution in [0, 0.1) is 5.41 Å². The van der Waals surface area contributed by atoms with E-state index < -0.39 is 11.2 Å². The predicted octanol–water partition coefficient (Wildman–Crippen LogP) is 4.17. The zero-order chi connectivity index (χ0) is 18.1. The maximum Gasteiger partial charge on any atom is 0.332 e. The van der Waals surface area contributed by atoms with Gasteiger partial charge in [-0.3, -0.25) is 0 Å². The molecule has 0 atom stereocenters. The van der Waals surface area contributed by atoms with Crippen LogP contribution in [-0.2, 0) is 19.9 Å². The van der Waals surface area contributed by atoms with Gasteiger partial charge in [-0.1, -0.05) is 28.1 Å². The maximum absolute atomic E-state index is 12.2. The number of hydrogen-bond acceptors (Lipinski definition) is 4. The lowest BCUT2D eigenvalue weighted by molar-refractivity contribution is -0.173. The Morgan fingerprint density at radius 1 is 1.12 bits per heavy atom. The van der Waals surface area contributed by atoms with E-state index in [-0.39, 0.29) is 12.6 Å². The second-order valence-corrected chi connectivity index (χ2v) is 9.40. The number of hydrogen-bond donors (Lipinski definition) is 1. The monoisotopic (exact) mass is 409 g/mol. The van der Waals surface area contributed by atoms with Gasteiger partial charge in [0.15, 0.2) is 0 Å². The van der Waals surface area contributed by atoms with Crippen LogP contribution in [-0.4, -0.2) is 31.3 Å². The van der Waals surface area contributed by atoms with Crippen molar-refractivity contribution in [3.63, 3.8) is 0 Å². The van der Waals surface area contributed by atoms with Gasteiger partial charge in [-0.15, -0.1) is 0 Å². The van der Waals surface area contributed by atoms with Crippen LogP contribution in [0.15, 0.2) is 28.7 Å². The van der Waals surface area contributed by atoms with Crippen LogP contribution in [0.25, 0.3) is 0 Å². The summed E-state index contributed by atoms with van der Waals surface area (Å²) in [6, 6.07) is 8.30. The van der Waals surface area contributed by atoms with Crippen LogP contribution in [0.4, 0.5) is 0 Å². The Hall–Kier alpha value is -0.910. The Balaban J connectivity index is 1.73. The molecule has 1 heterocycles. The minimum absolute atomic E-state index is 0.00140. The van der Waals surface area contributed by atoms with Crippen molar-refractivity contribution in [2.24, 2.45) is 5.41 Å². The fourth-order valence-electron chi connectivity index (χ4n) is 3.85. The Morgan fingerprint density at radius 3 is 2.20 bits per heavy atom. The zero-order valence-electron chi connectivity index (χ0n) is 15.4. The molecule has 0 aromatic heterocycles. The molecule has 25 heavy (non-hydrogen) atoms. The van der Waals surface area contributed by atoms with E-state index in [0.29, 0.717) is 5.41 Å². The van der Waals surface area contributed by atoms with Crippen LogP contribution in [0.1, 0.15) is 52.0 Å². The van der Waals surface area contributed by atoms with E-state index in [4.69, 9.17) is 9.47 Å². The van der Waals surface area contributed by atoms with Gasteiger partial charge in [0.1, 0.15) is 12.2 Å². The minimum Gasteiger partial charge on any atom is -0.458 e. The molecule has 0 bridgehead atoms. The highest BCUT2D eigenvalue weighted by Gasteiger charge is 2.47. The normalized spacial score (nSPS) is 21.6. The van der Waals surface area contributed by atoms with Crippen molar-refractivity contribution in [3.05, 3.63) is 34.3 Å². The Bertz CT molecular complexity index is 607. The molecule has 0 radical (unpaired) electrons. The van der Waals surface area contributed by atoms with Gasteiger partial charge in [-0.05, 0) is 69.6 Å². The Kier molecular flexibility index (Phi) is 5.29. The molecule has 0 unspecified atom stereocenters. The molecule has 2 fully saturated rings. The van der Waals surface area contributed by atoms with Gasteiger partial charge < -0.3 is 14.8 Å². The molecule has 2 aliphatic rings. The van der Waals surface area contributed by atoms with Crippen molar-refractivity contribution < 1.29 is 14.3 Å². The summed E-state index contributed by atoms with van der Waals surface area (Å²) in [5.74, 6) is -0.297. The molecule has 5 heteroatoms. The summed E-state index contributed by atoms with van der Waals surface area (Å²) in [6.45, 7) is 7.85. The van der Waals surface area contributed by atoms with Crippen molar-refractivity contribution in [1.29, 1.82) is 0 Å². The number of benzene rings is 1. The maximum atomic E-state index is 12.2. The van der Waals surface area contributed by atoms with Crippen LogP contribution < -0.4 is 5.32 Å². The lowest BCUT2D eigenvalue weighted by Gasteiger charge is -2.51. The standard InChI is InChI=1S/C20H28BrNO3/c1-18(2,3)25-17(23)12-24-20(15-4-6-16(21)7-5-15)10-8-19(9-11-20)13-22-14-19/h4-7,22H,8-14H2,1-3H3. The third-order valence-corrected chi connectivity index (χ3v) is 5.90. The van der Waals surface area contributed by atoms with Crippen LogP contribution >= 0.6 is 15.9 Å². The first kappa shape index (κ1) is 18.9. The summed E-state index contributed by atoms with van der Waals surface area (Å²) in [5, 5.41) is 3.40. The lowest BCUT2D eigenvalue weighted by atomic mass is 9.64. The van der Waals surface area contributed by atoms with Gasteiger partial charge in [0.2, 0.25) is 0 Å². The van der Waals surface area contributed by atoms with E-state index in [2.05, 4.69) is 33.4 Å². The number of halogens is 1. The molecule has 1 spiro atoms. The molecule has 1 aliphatic heterocycles. The molecule has 1 saturated heterocycles. The summed E-state index contributed by atoms with van der Waals surface area (Å²) >= 11 is 3.50. The van der Waals surface area contributed by atoms with Gasteiger partial charge in [-0.25, -0.2) is 4.79 Å². The van der Waals surface area contributed by atoms with E-state index >= 15 is 0 Å². The first-order chi connectivity index (χ1) is 11.7. The topological polar surface area (TPSA) is 47.6 Å². The molecule has 1 aromatic rings. The smallest absolute Gasteiger partial charge is 0.332 e. The average molecular weight is 410 g/mol. The number of ether oxygens (including phenoxy) is 2. The Morgan fingerprint density at radius 2 is 1.72 bits per heavy atom. The number of carbonyl (C=O) groups is 1. The molecular weight excluding hydrogens is 382 g/mol. The molecule has 1 aliphatic carbocycles. The third-order valence-electron chi connectivity index (χ3n) is 5.37. The van der Waals surface area contributed by atoms with Crippen LogP contribution in [0.3, 0.4) is 0 Å². The second kappa shape index (κ2) is 7.01. The van der Waals surface area contributed by atoms with Crippen LogP contribution in [0.2, 0.25) is 0 Å². The van der Waals surface area contributed by atoms with Crippen molar-refractivity contribution in [1.82, 2.24) is 5.32 Å². The summed E-state index contributed by atoms with van der Waals surface area (Å²) < 4.78 is 12.7. The van der Waals surface area contributed by atoms with Gasteiger partial charge in [0, 0.05) is 17.6 Å². The minimum atomic E-state index is -0.487. The summed E-state index contributed by atoms with van der Waals surface area (Å²) in [7, 11) is 0. The molecular formula is C20H28BrNO3. The summed E-state index contributed by atoms with van der Waals surface area (Å²) in [6.07, 6.45) is 4.15. The third kappa shape index (κ3) is 4.44. The van der Waals surface area contributed by atoms with Gasteiger partial charge in [0.25, 0.3) is 0 Å². The predicted molar refractivity (Wildman–Crippen MR) is 101 cm³/mol. The van der Waals surface area contributed by atoms with Crippen molar-refractivity contribution in [2.75, 3.05) is 19.7 Å². The zero-order valence-corrected chi connectivity index (χ0v) is 16.9. The molecule has 1 saturated carbocycles. The fraction of sp³-hybridized carbons (Fsp3) is 0.650. The highest BCUT2D eigenvalue weighted by atomic mass is 79.9. The SMILES string of the molecule is CC(C)(C)OC(=O)COC1(c2ccc(Br)cc2)CCC2(CC1)CNC2. The van der Waals surface area contributed by atoms with Crippen LogP contribution in [0.5, 0.6) is 0 Å². The van der Waals surface area contributed by atoms with E-state index in [9.17, 15) is 4.79 Å².